The number of nitrogens with one attached hydrogen (secondary N) is 2. The average Bonchev–Trinajstić information content (AvgIpc) is 2.41. The summed E-state index contributed by atoms with van der Waals surface area (Å²) < 4.78 is 5.41. The van der Waals surface area contributed by atoms with Gasteiger partial charge in [0.15, 0.2) is 0 Å². The van der Waals surface area contributed by atoms with Crippen molar-refractivity contribution in [3.8, 4) is 5.75 Å². The first-order valence-electron chi connectivity index (χ1n) is 6.69. The van der Waals surface area contributed by atoms with Crippen LogP contribution in [0.1, 0.15) is 26.2 Å². The molecule has 0 aromatic heterocycles. The maximum Gasteiger partial charge on any atom is 0.138 e. The van der Waals surface area contributed by atoms with Crippen molar-refractivity contribution < 1.29 is 4.74 Å². The van der Waals surface area contributed by atoms with Crippen molar-refractivity contribution in [2.75, 3.05) is 25.0 Å². The standard InChI is InChI=1S/C14H21ClN2O/c1-2-18-14-7-6-11(9-13(14)15)17-10-12-5-3-4-8-16-12/h6-7,9,12,16-17H,2-5,8,10H2,1H3. The van der Waals surface area contributed by atoms with Gasteiger partial charge in [-0.3, -0.25) is 0 Å². The summed E-state index contributed by atoms with van der Waals surface area (Å²) in [6.07, 6.45) is 3.87. The first kappa shape index (κ1) is 13.5. The number of piperidine rings is 1. The van der Waals surface area contributed by atoms with Gasteiger partial charge in [0.2, 0.25) is 0 Å². The number of ether oxygens (including phenoxy) is 1. The number of rotatable bonds is 5. The van der Waals surface area contributed by atoms with Crippen LogP contribution >= 0.6 is 11.6 Å². The van der Waals surface area contributed by atoms with Gasteiger partial charge in [0.05, 0.1) is 11.6 Å². The average molecular weight is 269 g/mol. The van der Waals surface area contributed by atoms with Crippen LogP contribution in [0.25, 0.3) is 0 Å². The monoisotopic (exact) mass is 268 g/mol. The largest absolute Gasteiger partial charge is 0.492 e. The molecule has 1 aromatic carbocycles. The summed E-state index contributed by atoms with van der Waals surface area (Å²) in [4.78, 5) is 0. The van der Waals surface area contributed by atoms with Crippen LogP contribution in [0.15, 0.2) is 18.2 Å². The molecule has 18 heavy (non-hydrogen) atoms. The van der Waals surface area contributed by atoms with Gasteiger partial charge in [0.1, 0.15) is 5.75 Å². The van der Waals surface area contributed by atoms with Gasteiger partial charge in [-0.2, -0.15) is 0 Å². The Hall–Kier alpha value is -0.930. The number of anilines is 1. The van der Waals surface area contributed by atoms with E-state index in [2.05, 4.69) is 10.6 Å². The summed E-state index contributed by atoms with van der Waals surface area (Å²) >= 11 is 6.15. The number of halogens is 1. The molecule has 0 aliphatic carbocycles. The molecular formula is C14H21ClN2O. The number of hydrogen-bond donors (Lipinski definition) is 2. The lowest BCUT2D eigenvalue weighted by molar-refractivity contribution is 0.340. The van der Waals surface area contributed by atoms with E-state index in [1.54, 1.807) is 0 Å². The lowest BCUT2D eigenvalue weighted by Gasteiger charge is -2.24. The Morgan fingerprint density at radius 3 is 3.00 bits per heavy atom. The third-order valence-corrected chi connectivity index (χ3v) is 3.49. The molecule has 100 valence electrons. The molecule has 1 atom stereocenters. The smallest absolute Gasteiger partial charge is 0.138 e. The third-order valence-electron chi connectivity index (χ3n) is 3.20. The van der Waals surface area contributed by atoms with Gasteiger partial charge >= 0.3 is 0 Å². The van der Waals surface area contributed by atoms with Gasteiger partial charge in [-0.05, 0) is 44.5 Å². The molecule has 1 aromatic rings. The quantitative estimate of drug-likeness (QED) is 0.860. The lowest BCUT2D eigenvalue weighted by Crippen LogP contribution is -2.39. The summed E-state index contributed by atoms with van der Waals surface area (Å²) in [5, 5.41) is 7.60. The zero-order valence-corrected chi connectivity index (χ0v) is 11.6. The molecule has 1 aliphatic heterocycles. The second-order valence-corrected chi connectivity index (χ2v) is 5.01. The van der Waals surface area contributed by atoms with E-state index < -0.39 is 0 Å². The Labute approximate surface area is 114 Å². The highest BCUT2D eigenvalue weighted by Crippen LogP contribution is 2.27. The van der Waals surface area contributed by atoms with E-state index in [0.717, 1.165) is 24.5 Å². The molecule has 3 nitrogen and oxygen atoms in total. The zero-order valence-electron chi connectivity index (χ0n) is 10.8. The molecule has 1 saturated heterocycles. The summed E-state index contributed by atoms with van der Waals surface area (Å²) in [5.41, 5.74) is 1.05. The molecule has 0 saturated carbocycles. The lowest BCUT2D eigenvalue weighted by atomic mass is 10.1. The molecule has 0 amide bonds. The van der Waals surface area contributed by atoms with Crippen molar-refractivity contribution in [3.05, 3.63) is 23.2 Å². The maximum absolute atomic E-state index is 6.15. The molecule has 2 rings (SSSR count). The van der Waals surface area contributed by atoms with E-state index in [0.29, 0.717) is 17.7 Å². The molecule has 0 bridgehead atoms. The van der Waals surface area contributed by atoms with E-state index in [4.69, 9.17) is 16.3 Å². The molecule has 2 N–H and O–H groups in total. The fourth-order valence-electron chi connectivity index (χ4n) is 2.22. The van der Waals surface area contributed by atoms with Crippen molar-refractivity contribution in [1.82, 2.24) is 5.32 Å². The second kappa shape index (κ2) is 6.86. The van der Waals surface area contributed by atoms with Crippen LogP contribution in [-0.2, 0) is 0 Å². The van der Waals surface area contributed by atoms with Crippen LogP contribution in [0.3, 0.4) is 0 Å². The summed E-state index contributed by atoms with van der Waals surface area (Å²) in [6.45, 7) is 4.68. The van der Waals surface area contributed by atoms with Crippen LogP contribution in [0.4, 0.5) is 5.69 Å². The maximum atomic E-state index is 6.15. The normalized spacial score (nSPS) is 19.6. The van der Waals surface area contributed by atoms with E-state index in [1.165, 1.54) is 19.3 Å². The molecule has 1 heterocycles. The van der Waals surface area contributed by atoms with Crippen LogP contribution in [0.5, 0.6) is 5.75 Å². The van der Waals surface area contributed by atoms with Crippen molar-refractivity contribution in [3.63, 3.8) is 0 Å². The predicted molar refractivity (Wildman–Crippen MR) is 76.8 cm³/mol. The molecule has 4 heteroatoms. The molecule has 1 unspecified atom stereocenters. The fraction of sp³-hybridized carbons (Fsp3) is 0.571. The summed E-state index contributed by atoms with van der Waals surface area (Å²) in [7, 11) is 0. The SMILES string of the molecule is CCOc1ccc(NCC2CCCCN2)cc1Cl. The molecule has 1 fully saturated rings. The van der Waals surface area contributed by atoms with E-state index in [-0.39, 0.29) is 0 Å². The highest BCUT2D eigenvalue weighted by Gasteiger charge is 2.12. The van der Waals surface area contributed by atoms with Gasteiger partial charge in [-0.15, -0.1) is 0 Å². The third kappa shape index (κ3) is 3.79. The molecule has 0 radical (unpaired) electrons. The number of benzene rings is 1. The Morgan fingerprint density at radius 1 is 1.44 bits per heavy atom. The summed E-state index contributed by atoms with van der Waals surface area (Å²) in [5.74, 6) is 0.750. The van der Waals surface area contributed by atoms with Crippen LogP contribution in [0.2, 0.25) is 5.02 Å². The Morgan fingerprint density at radius 2 is 2.33 bits per heavy atom. The van der Waals surface area contributed by atoms with Gasteiger partial charge in [0.25, 0.3) is 0 Å². The van der Waals surface area contributed by atoms with Gasteiger partial charge in [-0.25, -0.2) is 0 Å². The van der Waals surface area contributed by atoms with Crippen LogP contribution in [0, 0.1) is 0 Å². The van der Waals surface area contributed by atoms with Crippen molar-refractivity contribution in [1.29, 1.82) is 0 Å². The van der Waals surface area contributed by atoms with E-state index >= 15 is 0 Å². The predicted octanol–water partition coefficient (Wildman–Crippen LogP) is 3.29. The Balaban J connectivity index is 1.87. The number of hydrogen-bond acceptors (Lipinski definition) is 3. The van der Waals surface area contributed by atoms with Crippen molar-refractivity contribution in [2.45, 2.75) is 32.2 Å². The van der Waals surface area contributed by atoms with Crippen LogP contribution < -0.4 is 15.4 Å². The minimum atomic E-state index is 0.573. The Kier molecular flexibility index (Phi) is 5.14. The van der Waals surface area contributed by atoms with Gasteiger partial charge in [-0.1, -0.05) is 18.0 Å². The highest BCUT2D eigenvalue weighted by atomic mass is 35.5. The van der Waals surface area contributed by atoms with E-state index in [1.807, 2.05) is 25.1 Å². The van der Waals surface area contributed by atoms with Crippen molar-refractivity contribution >= 4 is 17.3 Å². The van der Waals surface area contributed by atoms with Crippen molar-refractivity contribution in [2.24, 2.45) is 0 Å². The first-order valence-corrected chi connectivity index (χ1v) is 7.07. The minimum Gasteiger partial charge on any atom is -0.492 e. The zero-order chi connectivity index (χ0) is 12.8. The molecule has 0 spiro atoms. The molecular weight excluding hydrogens is 248 g/mol. The topological polar surface area (TPSA) is 33.3 Å². The highest BCUT2D eigenvalue weighted by molar-refractivity contribution is 6.32. The Bertz CT molecular complexity index is 378. The van der Waals surface area contributed by atoms with Gasteiger partial charge in [0, 0.05) is 18.3 Å². The van der Waals surface area contributed by atoms with E-state index in [9.17, 15) is 0 Å². The van der Waals surface area contributed by atoms with Gasteiger partial charge < -0.3 is 15.4 Å². The minimum absolute atomic E-state index is 0.573. The first-order chi connectivity index (χ1) is 8.79. The van der Waals surface area contributed by atoms with Crippen LogP contribution in [-0.4, -0.2) is 25.7 Å². The second-order valence-electron chi connectivity index (χ2n) is 4.61. The fourth-order valence-corrected chi connectivity index (χ4v) is 2.46. The summed E-state index contributed by atoms with van der Waals surface area (Å²) in [6, 6.07) is 6.43. The molecule has 1 aliphatic rings.